The van der Waals surface area contributed by atoms with Crippen molar-refractivity contribution in [3.05, 3.63) is 29.6 Å². The Morgan fingerprint density at radius 1 is 1.35 bits per heavy atom. The van der Waals surface area contributed by atoms with Crippen molar-refractivity contribution >= 4 is 21.6 Å². The van der Waals surface area contributed by atoms with Crippen molar-refractivity contribution in [3.63, 3.8) is 0 Å². The van der Waals surface area contributed by atoms with Crippen LogP contribution in [-0.4, -0.2) is 28.2 Å². The van der Waals surface area contributed by atoms with E-state index in [0.717, 1.165) is 15.8 Å². The SMILES string of the molecule is CNC(C)C(C)c1nc(-c2cnc3ccsc3c2)no1. The van der Waals surface area contributed by atoms with E-state index in [0.29, 0.717) is 11.7 Å². The summed E-state index contributed by atoms with van der Waals surface area (Å²) in [6.45, 7) is 4.16. The van der Waals surface area contributed by atoms with Gasteiger partial charge < -0.3 is 9.84 Å². The average molecular weight is 288 g/mol. The van der Waals surface area contributed by atoms with E-state index >= 15 is 0 Å². The van der Waals surface area contributed by atoms with Crippen LogP contribution in [0.4, 0.5) is 0 Å². The molecule has 3 aromatic rings. The summed E-state index contributed by atoms with van der Waals surface area (Å²) in [5, 5.41) is 9.29. The summed E-state index contributed by atoms with van der Waals surface area (Å²) in [4.78, 5) is 8.89. The summed E-state index contributed by atoms with van der Waals surface area (Å²) in [5.74, 6) is 1.41. The van der Waals surface area contributed by atoms with E-state index in [1.165, 1.54) is 0 Å². The predicted octanol–water partition coefficient (Wildman–Crippen LogP) is 3.06. The number of nitrogens with zero attached hydrogens (tertiary/aromatic N) is 3. The van der Waals surface area contributed by atoms with Crippen LogP contribution in [0.3, 0.4) is 0 Å². The van der Waals surface area contributed by atoms with Crippen molar-refractivity contribution in [1.29, 1.82) is 0 Å². The minimum absolute atomic E-state index is 0.166. The van der Waals surface area contributed by atoms with Crippen LogP contribution in [0.25, 0.3) is 21.6 Å². The Morgan fingerprint density at radius 2 is 2.20 bits per heavy atom. The van der Waals surface area contributed by atoms with Crippen LogP contribution in [0.1, 0.15) is 25.7 Å². The largest absolute Gasteiger partial charge is 0.339 e. The van der Waals surface area contributed by atoms with E-state index in [4.69, 9.17) is 4.52 Å². The molecule has 2 atom stereocenters. The van der Waals surface area contributed by atoms with E-state index in [1.807, 2.05) is 24.6 Å². The topological polar surface area (TPSA) is 63.8 Å². The molecule has 0 saturated heterocycles. The minimum Gasteiger partial charge on any atom is -0.339 e. The quantitative estimate of drug-likeness (QED) is 0.799. The molecule has 5 nitrogen and oxygen atoms in total. The first-order chi connectivity index (χ1) is 9.69. The van der Waals surface area contributed by atoms with Crippen molar-refractivity contribution in [2.45, 2.75) is 25.8 Å². The lowest BCUT2D eigenvalue weighted by atomic mass is 10.0. The lowest BCUT2D eigenvalue weighted by Crippen LogP contribution is -2.27. The minimum atomic E-state index is 0.166. The second kappa shape index (κ2) is 5.30. The van der Waals surface area contributed by atoms with Crippen LogP contribution in [-0.2, 0) is 0 Å². The second-order valence-electron chi connectivity index (χ2n) is 4.85. The molecule has 0 saturated carbocycles. The summed E-state index contributed by atoms with van der Waals surface area (Å²) in [6, 6.07) is 4.33. The van der Waals surface area contributed by atoms with Gasteiger partial charge in [0.15, 0.2) is 0 Å². The lowest BCUT2D eigenvalue weighted by molar-refractivity contribution is 0.336. The third-order valence-corrected chi connectivity index (χ3v) is 4.45. The Hall–Kier alpha value is -1.79. The van der Waals surface area contributed by atoms with Crippen molar-refractivity contribution in [1.82, 2.24) is 20.4 Å². The van der Waals surface area contributed by atoms with Crippen LogP contribution in [0.2, 0.25) is 0 Å². The van der Waals surface area contributed by atoms with Crippen LogP contribution in [0, 0.1) is 0 Å². The summed E-state index contributed by atoms with van der Waals surface area (Å²) in [5.41, 5.74) is 1.89. The average Bonchev–Trinajstić information content (AvgIpc) is 3.13. The Balaban J connectivity index is 1.92. The zero-order valence-corrected chi connectivity index (χ0v) is 12.4. The highest BCUT2D eigenvalue weighted by Crippen LogP contribution is 2.26. The van der Waals surface area contributed by atoms with Gasteiger partial charge in [0.25, 0.3) is 0 Å². The zero-order valence-electron chi connectivity index (χ0n) is 11.6. The van der Waals surface area contributed by atoms with Crippen LogP contribution in [0.5, 0.6) is 0 Å². The molecule has 0 amide bonds. The monoisotopic (exact) mass is 288 g/mol. The molecule has 0 fully saturated rings. The van der Waals surface area contributed by atoms with Gasteiger partial charge in [-0.1, -0.05) is 12.1 Å². The maximum atomic E-state index is 5.37. The predicted molar refractivity (Wildman–Crippen MR) is 79.8 cm³/mol. The second-order valence-corrected chi connectivity index (χ2v) is 5.80. The first kappa shape index (κ1) is 13.2. The molecule has 6 heteroatoms. The van der Waals surface area contributed by atoms with Crippen molar-refractivity contribution < 1.29 is 4.52 Å². The normalized spacial score (nSPS) is 14.6. The van der Waals surface area contributed by atoms with Gasteiger partial charge in [-0.25, -0.2) is 0 Å². The van der Waals surface area contributed by atoms with E-state index in [1.54, 1.807) is 17.5 Å². The molecular weight excluding hydrogens is 272 g/mol. The number of hydrogen-bond acceptors (Lipinski definition) is 6. The standard InChI is InChI=1S/C14H16N4OS/c1-8(9(2)15-3)14-17-13(18-19-14)10-6-12-11(16-7-10)4-5-20-12/h4-9,15H,1-3H3. The molecule has 20 heavy (non-hydrogen) atoms. The number of hydrogen-bond donors (Lipinski definition) is 1. The lowest BCUT2D eigenvalue weighted by Gasteiger charge is -2.14. The molecule has 0 aromatic carbocycles. The van der Waals surface area contributed by atoms with Gasteiger partial charge in [-0.2, -0.15) is 4.98 Å². The zero-order chi connectivity index (χ0) is 14.1. The Bertz CT molecular complexity index is 721. The molecular formula is C14H16N4OS. The number of rotatable bonds is 4. The van der Waals surface area contributed by atoms with E-state index in [-0.39, 0.29) is 12.0 Å². The highest BCUT2D eigenvalue weighted by molar-refractivity contribution is 7.17. The third kappa shape index (κ3) is 2.32. The van der Waals surface area contributed by atoms with Gasteiger partial charge in [0.2, 0.25) is 11.7 Å². The molecule has 0 aliphatic carbocycles. The fraction of sp³-hybridized carbons (Fsp3) is 0.357. The highest BCUT2D eigenvalue weighted by Gasteiger charge is 2.20. The third-order valence-electron chi connectivity index (χ3n) is 3.60. The smallest absolute Gasteiger partial charge is 0.231 e. The molecule has 3 heterocycles. The Morgan fingerprint density at radius 3 is 3.00 bits per heavy atom. The molecule has 104 valence electrons. The number of aromatic nitrogens is 3. The summed E-state index contributed by atoms with van der Waals surface area (Å²) in [7, 11) is 1.92. The molecule has 0 spiro atoms. The van der Waals surface area contributed by atoms with E-state index in [9.17, 15) is 0 Å². The molecule has 0 aliphatic heterocycles. The molecule has 0 radical (unpaired) electrons. The summed E-state index contributed by atoms with van der Waals surface area (Å²) < 4.78 is 6.50. The Kier molecular flexibility index (Phi) is 3.50. The van der Waals surface area contributed by atoms with Crippen molar-refractivity contribution in [2.75, 3.05) is 7.05 Å². The Labute approximate surface area is 121 Å². The van der Waals surface area contributed by atoms with Gasteiger partial charge in [-0.05, 0) is 31.5 Å². The van der Waals surface area contributed by atoms with Gasteiger partial charge in [0.1, 0.15) is 0 Å². The maximum Gasteiger partial charge on any atom is 0.231 e. The number of pyridine rings is 1. The van der Waals surface area contributed by atoms with Crippen LogP contribution in [0.15, 0.2) is 28.2 Å². The first-order valence-corrected chi connectivity index (χ1v) is 7.41. The summed E-state index contributed by atoms with van der Waals surface area (Å²) >= 11 is 1.66. The maximum absolute atomic E-state index is 5.37. The van der Waals surface area contributed by atoms with Gasteiger partial charge in [0.05, 0.1) is 16.1 Å². The fourth-order valence-corrected chi connectivity index (χ4v) is 2.75. The molecule has 0 bridgehead atoms. The highest BCUT2D eigenvalue weighted by atomic mass is 32.1. The molecule has 3 rings (SSSR count). The van der Waals surface area contributed by atoms with E-state index < -0.39 is 0 Å². The summed E-state index contributed by atoms with van der Waals surface area (Å²) in [6.07, 6.45) is 1.79. The van der Waals surface area contributed by atoms with Crippen LogP contribution < -0.4 is 5.32 Å². The van der Waals surface area contributed by atoms with Crippen LogP contribution >= 0.6 is 11.3 Å². The van der Waals surface area contributed by atoms with Gasteiger partial charge in [-0.3, -0.25) is 4.98 Å². The van der Waals surface area contributed by atoms with Gasteiger partial charge in [0, 0.05) is 17.8 Å². The molecule has 2 unspecified atom stereocenters. The first-order valence-electron chi connectivity index (χ1n) is 6.53. The van der Waals surface area contributed by atoms with Gasteiger partial charge >= 0.3 is 0 Å². The number of nitrogens with one attached hydrogen (secondary N) is 1. The van der Waals surface area contributed by atoms with E-state index in [2.05, 4.69) is 34.3 Å². The number of likely N-dealkylation sites (N-methyl/N-ethyl adjacent to an activating group) is 1. The number of thiophene rings is 1. The molecule has 1 N–H and O–H groups in total. The fourth-order valence-electron chi connectivity index (χ4n) is 1.97. The number of fused-ring (bicyclic) bond motifs is 1. The van der Waals surface area contributed by atoms with Gasteiger partial charge in [-0.15, -0.1) is 11.3 Å². The molecule has 0 aliphatic rings. The molecule has 3 aromatic heterocycles. The van der Waals surface area contributed by atoms with Crippen molar-refractivity contribution in [2.24, 2.45) is 0 Å². The van der Waals surface area contributed by atoms with Crippen molar-refractivity contribution in [3.8, 4) is 11.4 Å².